The number of aromatic nitrogens is 2. The van der Waals surface area contributed by atoms with E-state index in [0.29, 0.717) is 22.2 Å². The maximum atomic E-state index is 12.3. The second-order valence-corrected chi connectivity index (χ2v) is 7.06. The number of rotatable bonds is 9. The molecule has 0 saturated heterocycles. The molecule has 10 heteroatoms. The summed E-state index contributed by atoms with van der Waals surface area (Å²) in [4.78, 5) is 42.0. The molecule has 0 aliphatic carbocycles. The van der Waals surface area contributed by atoms with Crippen molar-refractivity contribution in [1.82, 2.24) is 9.97 Å². The van der Waals surface area contributed by atoms with E-state index in [4.69, 9.17) is 27.2 Å². The Hall–Kier alpha value is -3.85. The predicted octanol–water partition coefficient (Wildman–Crippen LogP) is 2.32. The number of nitrogens with two attached hydrogens (primary N) is 1. The van der Waals surface area contributed by atoms with Gasteiger partial charge in [0.2, 0.25) is 11.8 Å². The van der Waals surface area contributed by atoms with Gasteiger partial charge >= 0.3 is 5.97 Å². The lowest BCUT2D eigenvalue weighted by atomic mass is 9.98. The topological polar surface area (TPSA) is 147 Å². The van der Waals surface area contributed by atoms with Crippen LogP contribution in [0.15, 0.2) is 54.7 Å². The molecule has 0 radical (unpaired) electrons. The number of aliphatic carboxylic acids is 1. The summed E-state index contributed by atoms with van der Waals surface area (Å²) in [6.45, 7) is -0.476. The standard InChI is InChI=1S/C21H19ClN4O5/c22-14-5-1-12(2-6-14)9-17(27)25-16-10-24-21(26-16)19(20(23)30)13-3-7-15(8-4-13)31-11-18(28)29/h1-8,10,19H,9,11H2,(H2,23,30)(H,24,26)(H,25,27)(H,28,29). The van der Waals surface area contributed by atoms with Gasteiger partial charge in [-0.05, 0) is 35.4 Å². The summed E-state index contributed by atoms with van der Waals surface area (Å²) in [7, 11) is 0. The van der Waals surface area contributed by atoms with E-state index in [0.717, 1.165) is 5.56 Å². The third kappa shape index (κ3) is 6.06. The van der Waals surface area contributed by atoms with Crippen LogP contribution in [0.1, 0.15) is 22.9 Å². The molecule has 0 aliphatic heterocycles. The van der Waals surface area contributed by atoms with Crippen molar-refractivity contribution in [3.8, 4) is 5.75 Å². The number of carboxylic acid groups (broad SMARTS) is 1. The van der Waals surface area contributed by atoms with E-state index in [2.05, 4.69) is 15.3 Å². The normalized spacial score (nSPS) is 11.5. The number of carboxylic acids is 1. The van der Waals surface area contributed by atoms with Gasteiger partial charge in [-0.3, -0.25) is 9.59 Å². The Bertz CT molecular complexity index is 1080. The molecule has 1 heterocycles. The van der Waals surface area contributed by atoms with Crippen molar-refractivity contribution in [2.75, 3.05) is 11.9 Å². The Kier molecular flexibility index (Phi) is 6.88. The zero-order valence-electron chi connectivity index (χ0n) is 16.2. The average molecular weight is 443 g/mol. The summed E-state index contributed by atoms with van der Waals surface area (Å²) in [6, 6.07) is 13.2. The molecule has 5 N–H and O–H groups in total. The number of amides is 2. The minimum Gasteiger partial charge on any atom is -0.482 e. The van der Waals surface area contributed by atoms with Gasteiger partial charge in [-0.1, -0.05) is 35.9 Å². The second kappa shape index (κ2) is 9.77. The molecule has 0 spiro atoms. The average Bonchev–Trinajstić information content (AvgIpc) is 3.16. The molecule has 1 atom stereocenters. The van der Waals surface area contributed by atoms with Gasteiger partial charge in [0.05, 0.1) is 12.6 Å². The van der Waals surface area contributed by atoms with E-state index in [9.17, 15) is 14.4 Å². The number of hydrogen-bond acceptors (Lipinski definition) is 5. The molecule has 3 aromatic rings. The number of ether oxygens (including phenoxy) is 1. The van der Waals surface area contributed by atoms with Gasteiger partial charge < -0.3 is 25.9 Å². The maximum absolute atomic E-state index is 12.3. The highest BCUT2D eigenvalue weighted by Gasteiger charge is 2.24. The monoisotopic (exact) mass is 442 g/mol. The van der Waals surface area contributed by atoms with E-state index in [1.807, 2.05) is 0 Å². The van der Waals surface area contributed by atoms with E-state index in [-0.39, 0.29) is 18.2 Å². The minimum atomic E-state index is -1.10. The number of halogens is 1. The van der Waals surface area contributed by atoms with Gasteiger partial charge in [-0.25, -0.2) is 9.78 Å². The summed E-state index contributed by atoms with van der Waals surface area (Å²) in [5, 5.41) is 11.9. The molecule has 0 fully saturated rings. The van der Waals surface area contributed by atoms with Crippen LogP contribution in [0, 0.1) is 0 Å². The van der Waals surface area contributed by atoms with Gasteiger partial charge in [-0.15, -0.1) is 0 Å². The van der Waals surface area contributed by atoms with E-state index in [1.54, 1.807) is 36.4 Å². The van der Waals surface area contributed by atoms with Crippen molar-refractivity contribution >= 4 is 35.2 Å². The number of primary amides is 1. The first-order chi connectivity index (χ1) is 14.8. The van der Waals surface area contributed by atoms with Crippen LogP contribution in [0.4, 0.5) is 5.82 Å². The first kappa shape index (κ1) is 21.8. The van der Waals surface area contributed by atoms with Crippen molar-refractivity contribution in [2.45, 2.75) is 12.3 Å². The van der Waals surface area contributed by atoms with Crippen LogP contribution in [0.25, 0.3) is 0 Å². The summed E-state index contributed by atoms with van der Waals surface area (Å²) in [6.07, 6.45) is 1.54. The highest BCUT2D eigenvalue weighted by Crippen LogP contribution is 2.25. The highest BCUT2D eigenvalue weighted by atomic mass is 35.5. The molecule has 0 bridgehead atoms. The quantitative estimate of drug-likeness (QED) is 0.399. The molecular formula is C21H19ClN4O5. The molecule has 0 saturated carbocycles. The Morgan fingerprint density at radius 1 is 1.13 bits per heavy atom. The van der Waals surface area contributed by atoms with Crippen LogP contribution in [0.5, 0.6) is 5.75 Å². The van der Waals surface area contributed by atoms with Gasteiger partial charge in [0.1, 0.15) is 23.3 Å². The SMILES string of the molecule is NC(=O)C(c1ccc(OCC(=O)O)cc1)c1ncc(NC(=O)Cc2ccc(Cl)cc2)[nH]1. The summed E-state index contributed by atoms with van der Waals surface area (Å²) in [5.41, 5.74) is 6.88. The minimum absolute atomic E-state index is 0.141. The van der Waals surface area contributed by atoms with E-state index < -0.39 is 24.4 Å². The largest absolute Gasteiger partial charge is 0.482 e. The maximum Gasteiger partial charge on any atom is 0.341 e. The molecule has 1 aromatic heterocycles. The number of aromatic amines is 1. The van der Waals surface area contributed by atoms with Gasteiger partial charge in [0.15, 0.2) is 6.61 Å². The molecule has 31 heavy (non-hydrogen) atoms. The number of hydrogen-bond donors (Lipinski definition) is 4. The number of carbonyl (C=O) groups excluding carboxylic acids is 2. The molecular weight excluding hydrogens is 424 g/mol. The van der Waals surface area contributed by atoms with Crippen LogP contribution < -0.4 is 15.8 Å². The van der Waals surface area contributed by atoms with Crippen LogP contribution in [0.2, 0.25) is 5.02 Å². The molecule has 3 rings (SSSR count). The Morgan fingerprint density at radius 2 is 1.81 bits per heavy atom. The summed E-state index contributed by atoms with van der Waals surface area (Å²) < 4.78 is 5.08. The highest BCUT2D eigenvalue weighted by molar-refractivity contribution is 6.30. The third-order valence-corrected chi connectivity index (χ3v) is 4.53. The second-order valence-electron chi connectivity index (χ2n) is 6.62. The molecule has 160 valence electrons. The fourth-order valence-electron chi connectivity index (χ4n) is 2.89. The molecule has 2 aromatic carbocycles. The zero-order valence-corrected chi connectivity index (χ0v) is 16.9. The fourth-order valence-corrected chi connectivity index (χ4v) is 3.01. The molecule has 2 amide bonds. The van der Waals surface area contributed by atoms with Crippen LogP contribution in [0.3, 0.4) is 0 Å². The lowest BCUT2D eigenvalue weighted by molar-refractivity contribution is -0.139. The van der Waals surface area contributed by atoms with Crippen LogP contribution in [-0.4, -0.2) is 39.5 Å². The Balaban J connectivity index is 1.69. The van der Waals surface area contributed by atoms with Crippen LogP contribution in [-0.2, 0) is 20.8 Å². The molecule has 1 unspecified atom stereocenters. The predicted molar refractivity (Wildman–Crippen MR) is 113 cm³/mol. The Labute approximate surface area is 182 Å². The van der Waals surface area contributed by atoms with Crippen molar-refractivity contribution in [3.05, 3.63) is 76.7 Å². The lowest BCUT2D eigenvalue weighted by Gasteiger charge is -2.12. The number of anilines is 1. The first-order valence-electron chi connectivity index (χ1n) is 9.15. The number of H-pyrrole nitrogens is 1. The molecule has 0 aliphatic rings. The number of carbonyl (C=O) groups is 3. The van der Waals surface area contributed by atoms with Gasteiger partial charge in [0, 0.05) is 5.02 Å². The van der Waals surface area contributed by atoms with Crippen molar-refractivity contribution in [1.29, 1.82) is 0 Å². The zero-order chi connectivity index (χ0) is 22.4. The number of benzene rings is 2. The van der Waals surface area contributed by atoms with Crippen molar-refractivity contribution < 1.29 is 24.2 Å². The number of nitrogens with zero attached hydrogens (tertiary/aromatic N) is 1. The molecule has 9 nitrogen and oxygen atoms in total. The van der Waals surface area contributed by atoms with E-state index in [1.165, 1.54) is 18.3 Å². The van der Waals surface area contributed by atoms with Crippen molar-refractivity contribution in [3.63, 3.8) is 0 Å². The smallest absolute Gasteiger partial charge is 0.341 e. The van der Waals surface area contributed by atoms with E-state index >= 15 is 0 Å². The number of imidazole rings is 1. The summed E-state index contributed by atoms with van der Waals surface area (Å²) >= 11 is 5.84. The van der Waals surface area contributed by atoms with Crippen molar-refractivity contribution in [2.24, 2.45) is 5.73 Å². The summed E-state index contributed by atoms with van der Waals surface area (Å²) in [5.74, 6) is -1.99. The van der Waals surface area contributed by atoms with Gasteiger partial charge in [-0.2, -0.15) is 0 Å². The lowest BCUT2D eigenvalue weighted by Crippen LogP contribution is -2.23. The Morgan fingerprint density at radius 3 is 2.42 bits per heavy atom. The van der Waals surface area contributed by atoms with Gasteiger partial charge in [0.25, 0.3) is 0 Å². The number of nitrogens with one attached hydrogen (secondary N) is 2. The van der Waals surface area contributed by atoms with Crippen LogP contribution >= 0.6 is 11.6 Å². The third-order valence-electron chi connectivity index (χ3n) is 4.28. The fraction of sp³-hybridized carbons (Fsp3) is 0.143. The first-order valence-corrected chi connectivity index (χ1v) is 9.52.